The number of alkyl halides is 1. The lowest BCUT2D eigenvalue weighted by Crippen LogP contribution is -2.07. The summed E-state index contributed by atoms with van der Waals surface area (Å²) >= 11 is 7.95. The van der Waals surface area contributed by atoms with Crippen LogP contribution in [0.25, 0.3) is 0 Å². The fourth-order valence-electron chi connectivity index (χ4n) is 1.35. The maximum atomic E-state index is 12.1. The third kappa shape index (κ3) is 2.27. The van der Waals surface area contributed by atoms with Crippen molar-refractivity contribution in [3.8, 4) is 0 Å². The van der Waals surface area contributed by atoms with E-state index in [0.29, 0.717) is 20.8 Å². The smallest absolute Gasteiger partial charge is 0.211 e. The molecule has 0 unspecified atom stereocenters. The summed E-state index contributed by atoms with van der Waals surface area (Å²) < 4.78 is 2.50. The van der Waals surface area contributed by atoms with Gasteiger partial charge in [0.1, 0.15) is 5.69 Å². The Hall–Kier alpha value is -0.880. The highest BCUT2D eigenvalue weighted by Crippen LogP contribution is 2.14. The highest BCUT2D eigenvalue weighted by atomic mass is 127. The number of benzene rings is 1. The van der Waals surface area contributed by atoms with Gasteiger partial charge in [-0.25, -0.2) is 4.98 Å². The predicted molar refractivity (Wildman–Crippen MR) is 71.1 cm³/mol. The van der Waals surface area contributed by atoms with Crippen LogP contribution in [0.2, 0.25) is 5.02 Å². The second-order valence-corrected chi connectivity index (χ2v) is 4.32. The molecule has 0 amide bonds. The molecule has 2 aromatic rings. The van der Waals surface area contributed by atoms with Crippen molar-refractivity contribution in [3.63, 3.8) is 0 Å². The van der Waals surface area contributed by atoms with Gasteiger partial charge in [-0.15, -0.1) is 0 Å². The van der Waals surface area contributed by atoms with E-state index < -0.39 is 0 Å². The first-order valence-corrected chi connectivity index (χ1v) is 6.49. The quantitative estimate of drug-likeness (QED) is 0.486. The van der Waals surface area contributed by atoms with Crippen molar-refractivity contribution in [2.45, 2.75) is 4.55 Å². The van der Waals surface area contributed by atoms with E-state index >= 15 is 0 Å². The third-order valence-electron chi connectivity index (χ3n) is 2.18. The minimum absolute atomic E-state index is 0.0363. The Morgan fingerprint density at radius 2 is 2.06 bits per heavy atom. The molecule has 0 saturated carbocycles. The monoisotopic (exact) mass is 346 g/mol. The van der Waals surface area contributed by atoms with Crippen LogP contribution in [0.5, 0.6) is 0 Å². The number of nitrogens with zero attached hydrogens (tertiary/aromatic N) is 2. The molecule has 0 atom stereocenters. The second-order valence-electron chi connectivity index (χ2n) is 3.20. The largest absolute Gasteiger partial charge is 0.318 e. The maximum absolute atomic E-state index is 12.1. The van der Waals surface area contributed by atoms with Crippen LogP contribution in [-0.4, -0.2) is 15.3 Å². The van der Waals surface area contributed by atoms with Gasteiger partial charge in [-0.2, -0.15) is 0 Å². The van der Waals surface area contributed by atoms with Crippen molar-refractivity contribution in [1.29, 1.82) is 0 Å². The van der Waals surface area contributed by atoms with E-state index in [1.54, 1.807) is 41.4 Å². The second kappa shape index (κ2) is 4.97. The number of carbonyl (C=O) groups excluding carboxylic acids is 1. The molecule has 5 heteroatoms. The van der Waals surface area contributed by atoms with E-state index in [9.17, 15) is 4.79 Å². The molecular formula is C11H8ClIN2O. The number of carbonyl (C=O) groups is 1. The van der Waals surface area contributed by atoms with Crippen molar-refractivity contribution in [1.82, 2.24) is 9.55 Å². The SMILES string of the molecule is O=C(c1ccc(Cl)cc1)c1cncn1CI. The van der Waals surface area contributed by atoms with Crippen LogP contribution in [0.3, 0.4) is 0 Å². The van der Waals surface area contributed by atoms with Crippen LogP contribution in [0, 0.1) is 0 Å². The zero-order valence-electron chi connectivity index (χ0n) is 8.23. The van der Waals surface area contributed by atoms with Crippen molar-refractivity contribution >= 4 is 40.0 Å². The molecule has 1 aromatic carbocycles. The highest BCUT2D eigenvalue weighted by molar-refractivity contribution is 14.1. The number of rotatable bonds is 3. The topological polar surface area (TPSA) is 34.9 Å². The summed E-state index contributed by atoms with van der Waals surface area (Å²) in [6.07, 6.45) is 3.23. The number of halogens is 2. The molecule has 0 N–H and O–H groups in total. The van der Waals surface area contributed by atoms with E-state index in [0.717, 1.165) is 0 Å². The molecule has 0 bridgehead atoms. The summed E-state index contributed by atoms with van der Waals surface area (Å²) in [6.45, 7) is 0. The first-order valence-electron chi connectivity index (χ1n) is 4.58. The molecule has 3 nitrogen and oxygen atoms in total. The molecular weight excluding hydrogens is 338 g/mol. The summed E-state index contributed by atoms with van der Waals surface area (Å²) in [5, 5.41) is 0.624. The van der Waals surface area contributed by atoms with Crippen molar-refractivity contribution in [2.75, 3.05) is 0 Å². The summed E-state index contributed by atoms with van der Waals surface area (Å²) in [5.41, 5.74) is 1.22. The zero-order valence-corrected chi connectivity index (χ0v) is 11.1. The maximum Gasteiger partial charge on any atom is 0.211 e. The van der Waals surface area contributed by atoms with Gasteiger partial charge in [-0.1, -0.05) is 34.2 Å². The molecule has 0 aliphatic rings. The Labute approximate surface area is 112 Å². The minimum Gasteiger partial charge on any atom is -0.318 e. The highest BCUT2D eigenvalue weighted by Gasteiger charge is 2.13. The summed E-state index contributed by atoms with van der Waals surface area (Å²) in [7, 11) is 0. The molecule has 0 fully saturated rings. The molecule has 1 heterocycles. The van der Waals surface area contributed by atoms with Gasteiger partial charge in [0.15, 0.2) is 0 Å². The third-order valence-corrected chi connectivity index (χ3v) is 3.17. The molecule has 0 aliphatic carbocycles. The van der Waals surface area contributed by atoms with Crippen LogP contribution in [0.15, 0.2) is 36.8 Å². The molecule has 0 saturated heterocycles. The predicted octanol–water partition coefficient (Wildman–Crippen LogP) is 3.16. The Bertz CT molecular complexity index is 507. The number of ketones is 1. The normalized spacial score (nSPS) is 10.4. The average Bonchev–Trinajstić information content (AvgIpc) is 2.77. The average molecular weight is 347 g/mol. The molecule has 0 radical (unpaired) electrons. The molecule has 0 spiro atoms. The van der Waals surface area contributed by atoms with Crippen LogP contribution in [-0.2, 0) is 4.55 Å². The van der Waals surface area contributed by atoms with Crippen molar-refractivity contribution in [3.05, 3.63) is 53.1 Å². The molecule has 2 rings (SSSR count). The zero-order chi connectivity index (χ0) is 11.5. The Morgan fingerprint density at radius 3 is 2.69 bits per heavy atom. The molecule has 16 heavy (non-hydrogen) atoms. The number of aromatic nitrogens is 2. The van der Waals surface area contributed by atoms with E-state index in [4.69, 9.17) is 11.6 Å². The number of imidazole rings is 1. The lowest BCUT2D eigenvalue weighted by Gasteiger charge is -2.03. The summed E-state index contributed by atoms with van der Waals surface area (Å²) in [5.74, 6) is -0.0363. The van der Waals surface area contributed by atoms with Crippen molar-refractivity contribution in [2.24, 2.45) is 0 Å². The van der Waals surface area contributed by atoms with E-state index in [-0.39, 0.29) is 5.78 Å². The van der Waals surface area contributed by atoms with Gasteiger partial charge in [-0.3, -0.25) is 4.79 Å². The Balaban J connectivity index is 2.35. The fourth-order valence-corrected chi connectivity index (χ4v) is 2.02. The minimum atomic E-state index is -0.0363. The van der Waals surface area contributed by atoms with Crippen LogP contribution in [0.4, 0.5) is 0 Å². The first-order chi connectivity index (χ1) is 7.72. The number of hydrogen-bond acceptors (Lipinski definition) is 2. The van der Waals surface area contributed by atoms with Crippen LogP contribution in [0.1, 0.15) is 16.1 Å². The van der Waals surface area contributed by atoms with Gasteiger partial charge in [0, 0.05) is 10.6 Å². The van der Waals surface area contributed by atoms with Gasteiger partial charge >= 0.3 is 0 Å². The van der Waals surface area contributed by atoms with Crippen LogP contribution < -0.4 is 0 Å². The van der Waals surface area contributed by atoms with E-state index in [1.807, 2.05) is 0 Å². The number of hydrogen-bond donors (Lipinski definition) is 0. The lowest BCUT2D eigenvalue weighted by molar-refractivity contribution is 0.103. The summed E-state index contributed by atoms with van der Waals surface area (Å²) in [4.78, 5) is 16.1. The molecule has 0 aliphatic heterocycles. The van der Waals surface area contributed by atoms with Gasteiger partial charge in [0.05, 0.1) is 17.1 Å². The molecule has 1 aromatic heterocycles. The Kier molecular flexibility index (Phi) is 3.60. The lowest BCUT2D eigenvalue weighted by atomic mass is 10.1. The van der Waals surface area contributed by atoms with E-state index in [1.165, 1.54) is 0 Å². The van der Waals surface area contributed by atoms with Gasteiger partial charge in [-0.05, 0) is 24.3 Å². The Morgan fingerprint density at radius 1 is 1.38 bits per heavy atom. The van der Waals surface area contributed by atoms with Gasteiger partial charge in [0.2, 0.25) is 5.78 Å². The van der Waals surface area contributed by atoms with Crippen LogP contribution >= 0.6 is 34.2 Å². The summed E-state index contributed by atoms with van der Waals surface area (Å²) in [6, 6.07) is 6.85. The van der Waals surface area contributed by atoms with E-state index in [2.05, 4.69) is 27.6 Å². The first kappa shape index (κ1) is 11.6. The van der Waals surface area contributed by atoms with Crippen molar-refractivity contribution < 1.29 is 4.79 Å². The van der Waals surface area contributed by atoms with Gasteiger partial charge in [0.25, 0.3) is 0 Å². The molecule has 82 valence electrons. The fraction of sp³-hybridized carbons (Fsp3) is 0.0909. The van der Waals surface area contributed by atoms with Gasteiger partial charge < -0.3 is 4.57 Å². The standard InChI is InChI=1S/C11H8ClIN2O/c12-9-3-1-8(2-4-9)11(16)10-5-14-7-15(10)6-13/h1-5,7H,6H2.